The average Bonchev–Trinajstić information content (AvgIpc) is 2.81. The van der Waals surface area contributed by atoms with E-state index in [1.807, 2.05) is 7.05 Å². The molecule has 1 aliphatic rings. The minimum Gasteiger partial charge on any atom is -0.338 e. The summed E-state index contributed by atoms with van der Waals surface area (Å²) in [5.41, 5.74) is 0.207. The van der Waals surface area contributed by atoms with E-state index in [0.29, 0.717) is 19.0 Å². The van der Waals surface area contributed by atoms with Crippen LogP contribution in [0.1, 0.15) is 16.8 Å². The van der Waals surface area contributed by atoms with Gasteiger partial charge in [0.15, 0.2) is 11.6 Å². The number of benzene rings is 1. The Hall–Kier alpha value is -1.49. The second-order valence-electron chi connectivity index (χ2n) is 4.59. The highest BCUT2D eigenvalue weighted by molar-refractivity contribution is 5.94. The summed E-state index contributed by atoms with van der Waals surface area (Å²) in [4.78, 5) is 13.8. The van der Waals surface area contributed by atoms with Gasteiger partial charge in [0.25, 0.3) is 5.91 Å². The molecular formula is C13H16F2N2O. The van der Waals surface area contributed by atoms with Crippen molar-refractivity contribution in [1.29, 1.82) is 0 Å². The average molecular weight is 254 g/mol. The molecule has 1 unspecified atom stereocenters. The van der Waals surface area contributed by atoms with Crippen LogP contribution in [-0.2, 0) is 0 Å². The molecule has 0 aromatic heterocycles. The molecule has 0 saturated carbocycles. The van der Waals surface area contributed by atoms with Crippen LogP contribution >= 0.6 is 0 Å². The van der Waals surface area contributed by atoms with E-state index in [1.54, 1.807) is 4.90 Å². The van der Waals surface area contributed by atoms with Gasteiger partial charge in [-0.15, -0.1) is 0 Å². The molecular weight excluding hydrogens is 238 g/mol. The maximum absolute atomic E-state index is 13.1. The Morgan fingerprint density at radius 1 is 1.44 bits per heavy atom. The van der Waals surface area contributed by atoms with Crippen molar-refractivity contribution >= 4 is 5.91 Å². The molecule has 1 atom stereocenters. The van der Waals surface area contributed by atoms with Gasteiger partial charge < -0.3 is 10.2 Å². The van der Waals surface area contributed by atoms with Crippen LogP contribution in [0.3, 0.4) is 0 Å². The van der Waals surface area contributed by atoms with Gasteiger partial charge in [-0.1, -0.05) is 0 Å². The lowest BCUT2D eigenvalue weighted by Crippen LogP contribution is -2.30. The maximum Gasteiger partial charge on any atom is 0.253 e. The Balaban J connectivity index is 2.05. The minimum atomic E-state index is -0.980. The molecule has 1 fully saturated rings. The molecule has 5 heteroatoms. The zero-order valence-electron chi connectivity index (χ0n) is 10.2. The van der Waals surface area contributed by atoms with Crippen molar-refractivity contribution < 1.29 is 13.6 Å². The van der Waals surface area contributed by atoms with Gasteiger partial charge in [-0.2, -0.15) is 0 Å². The number of carbonyl (C=O) groups is 1. The lowest BCUT2D eigenvalue weighted by molar-refractivity contribution is 0.0786. The molecule has 98 valence electrons. The van der Waals surface area contributed by atoms with E-state index >= 15 is 0 Å². The zero-order chi connectivity index (χ0) is 13.1. The number of hydrogen-bond donors (Lipinski definition) is 1. The van der Waals surface area contributed by atoms with Crippen molar-refractivity contribution in [2.45, 2.75) is 6.42 Å². The van der Waals surface area contributed by atoms with Crippen molar-refractivity contribution in [2.75, 3.05) is 26.7 Å². The van der Waals surface area contributed by atoms with Gasteiger partial charge in [-0.3, -0.25) is 4.79 Å². The Kier molecular flexibility index (Phi) is 3.91. The lowest BCUT2D eigenvalue weighted by atomic mass is 10.1. The molecule has 0 radical (unpaired) electrons. The van der Waals surface area contributed by atoms with Crippen molar-refractivity contribution in [3.8, 4) is 0 Å². The molecule has 3 nitrogen and oxygen atoms in total. The molecule has 1 heterocycles. The van der Waals surface area contributed by atoms with Crippen LogP contribution in [0, 0.1) is 17.6 Å². The van der Waals surface area contributed by atoms with E-state index in [4.69, 9.17) is 0 Å². The Labute approximate surface area is 105 Å². The first kappa shape index (κ1) is 13.0. The number of nitrogens with one attached hydrogen (secondary N) is 1. The van der Waals surface area contributed by atoms with Crippen molar-refractivity contribution in [2.24, 2.45) is 5.92 Å². The summed E-state index contributed by atoms with van der Waals surface area (Å²) in [7, 11) is 1.87. The first-order valence-electron chi connectivity index (χ1n) is 6.00. The third kappa shape index (κ3) is 2.67. The largest absolute Gasteiger partial charge is 0.338 e. The number of halogens is 2. The predicted molar refractivity (Wildman–Crippen MR) is 64.3 cm³/mol. The van der Waals surface area contributed by atoms with Crippen LogP contribution in [0.2, 0.25) is 0 Å². The number of rotatable bonds is 3. The van der Waals surface area contributed by atoms with Crippen molar-refractivity contribution in [3.63, 3.8) is 0 Å². The fourth-order valence-electron chi connectivity index (χ4n) is 2.28. The molecule has 2 rings (SSSR count). The highest BCUT2D eigenvalue weighted by Gasteiger charge is 2.26. The lowest BCUT2D eigenvalue weighted by Gasteiger charge is -2.16. The molecule has 1 N–H and O–H groups in total. The first-order valence-corrected chi connectivity index (χ1v) is 6.00. The molecule has 0 aliphatic carbocycles. The van der Waals surface area contributed by atoms with Crippen LogP contribution in [-0.4, -0.2) is 37.5 Å². The monoisotopic (exact) mass is 254 g/mol. The van der Waals surface area contributed by atoms with E-state index in [9.17, 15) is 13.6 Å². The van der Waals surface area contributed by atoms with E-state index in [-0.39, 0.29) is 11.5 Å². The summed E-state index contributed by atoms with van der Waals surface area (Å²) in [5, 5.41) is 3.08. The molecule has 0 spiro atoms. The first-order chi connectivity index (χ1) is 8.61. The third-order valence-corrected chi connectivity index (χ3v) is 3.23. The quantitative estimate of drug-likeness (QED) is 0.889. The summed E-state index contributed by atoms with van der Waals surface area (Å²) < 4.78 is 25.9. The molecule has 1 saturated heterocycles. The Morgan fingerprint density at radius 3 is 2.89 bits per heavy atom. The van der Waals surface area contributed by atoms with Gasteiger partial charge in [-0.05, 0) is 44.1 Å². The summed E-state index contributed by atoms with van der Waals surface area (Å²) in [6.07, 6.45) is 0.941. The Morgan fingerprint density at radius 2 is 2.22 bits per heavy atom. The second-order valence-corrected chi connectivity index (χ2v) is 4.59. The third-order valence-electron chi connectivity index (χ3n) is 3.23. The number of nitrogens with zero attached hydrogens (tertiary/aromatic N) is 1. The summed E-state index contributed by atoms with van der Waals surface area (Å²) in [6, 6.07) is 3.28. The highest BCUT2D eigenvalue weighted by atomic mass is 19.2. The Bertz CT molecular complexity index is 451. The van der Waals surface area contributed by atoms with E-state index < -0.39 is 11.6 Å². The van der Waals surface area contributed by atoms with Crippen LogP contribution in [0.5, 0.6) is 0 Å². The summed E-state index contributed by atoms with van der Waals surface area (Å²) in [5.74, 6) is -1.70. The van der Waals surface area contributed by atoms with Gasteiger partial charge in [0.05, 0.1) is 0 Å². The second kappa shape index (κ2) is 5.44. The standard InChI is InChI=1S/C13H16F2N2O/c1-16-7-9-4-5-17(8-9)13(18)10-2-3-11(14)12(15)6-10/h2-3,6,9,16H,4-5,7-8H2,1H3. The van der Waals surface area contributed by atoms with Crippen LogP contribution < -0.4 is 5.32 Å². The predicted octanol–water partition coefficient (Wildman–Crippen LogP) is 1.65. The van der Waals surface area contributed by atoms with Crippen LogP contribution in [0.4, 0.5) is 8.78 Å². The van der Waals surface area contributed by atoms with Gasteiger partial charge in [0.2, 0.25) is 0 Å². The number of carbonyl (C=O) groups excluding carboxylic acids is 1. The van der Waals surface area contributed by atoms with E-state index in [2.05, 4.69) is 5.32 Å². The normalized spacial score (nSPS) is 19.3. The fourth-order valence-corrected chi connectivity index (χ4v) is 2.28. The molecule has 1 aromatic carbocycles. The van der Waals surface area contributed by atoms with E-state index in [0.717, 1.165) is 25.1 Å². The number of hydrogen-bond acceptors (Lipinski definition) is 2. The van der Waals surface area contributed by atoms with Crippen LogP contribution in [0.25, 0.3) is 0 Å². The minimum absolute atomic E-state index is 0.207. The SMILES string of the molecule is CNCC1CCN(C(=O)c2ccc(F)c(F)c2)C1. The van der Waals surface area contributed by atoms with Gasteiger partial charge in [0, 0.05) is 18.7 Å². The fraction of sp³-hybridized carbons (Fsp3) is 0.462. The van der Waals surface area contributed by atoms with Gasteiger partial charge in [0.1, 0.15) is 0 Å². The van der Waals surface area contributed by atoms with Gasteiger partial charge >= 0.3 is 0 Å². The molecule has 1 aliphatic heterocycles. The molecule has 18 heavy (non-hydrogen) atoms. The number of likely N-dealkylation sites (tertiary alicyclic amines) is 1. The van der Waals surface area contributed by atoms with E-state index in [1.165, 1.54) is 6.07 Å². The smallest absolute Gasteiger partial charge is 0.253 e. The highest BCUT2D eigenvalue weighted by Crippen LogP contribution is 2.19. The maximum atomic E-state index is 13.1. The van der Waals surface area contributed by atoms with Crippen molar-refractivity contribution in [1.82, 2.24) is 10.2 Å². The summed E-state index contributed by atoms with van der Waals surface area (Å²) in [6.45, 7) is 2.20. The van der Waals surface area contributed by atoms with Crippen molar-refractivity contribution in [3.05, 3.63) is 35.4 Å². The summed E-state index contributed by atoms with van der Waals surface area (Å²) >= 11 is 0. The zero-order valence-corrected chi connectivity index (χ0v) is 10.2. The molecule has 1 amide bonds. The number of amides is 1. The van der Waals surface area contributed by atoms with Gasteiger partial charge in [-0.25, -0.2) is 8.78 Å². The molecule has 0 bridgehead atoms. The topological polar surface area (TPSA) is 32.3 Å². The van der Waals surface area contributed by atoms with Crippen LogP contribution in [0.15, 0.2) is 18.2 Å². The molecule has 1 aromatic rings.